The van der Waals surface area contributed by atoms with Gasteiger partial charge in [0, 0.05) is 24.5 Å². The topological polar surface area (TPSA) is 55.1 Å². The Morgan fingerprint density at radius 2 is 1.96 bits per heavy atom. The van der Waals surface area contributed by atoms with Gasteiger partial charge in [-0.1, -0.05) is 51.1 Å². The van der Waals surface area contributed by atoms with Gasteiger partial charge in [0.1, 0.15) is 5.76 Å². The SMILES string of the molecule is Cc1nc(C(C)(C)C)oc1CCCNC(=O)/C=C/c1ccccc1. The summed E-state index contributed by atoms with van der Waals surface area (Å²) in [5.41, 5.74) is 1.87. The average molecular weight is 326 g/mol. The molecule has 1 aromatic heterocycles. The normalized spacial score (nSPS) is 11.8. The molecule has 0 atom stereocenters. The number of aryl methyl sites for hydroxylation is 2. The second-order valence-electron chi connectivity index (χ2n) is 6.92. The third kappa shape index (κ3) is 5.37. The van der Waals surface area contributed by atoms with Crippen molar-refractivity contribution >= 4 is 12.0 Å². The summed E-state index contributed by atoms with van der Waals surface area (Å²) in [4.78, 5) is 16.3. The Balaban J connectivity index is 1.76. The highest BCUT2D eigenvalue weighted by molar-refractivity contribution is 5.91. The highest BCUT2D eigenvalue weighted by Crippen LogP contribution is 2.24. The Hall–Kier alpha value is -2.36. The molecular weight excluding hydrogens is 300 g/mol. The molecule has 0 aliphatic carbocycles. The lowest BCUT2D eigenvalue weighted by Crippen LogP contribution is -2.22. The van der Waals surface area contributed by atoms with Crippen LogP contribution < -0.4 is 5.32 Å². The van der Waals surface area contributed by atoms with Crippen LogP contribution in [0.25, 0.3) is 6.08 Å². The monoisotopic (exact) mass is 326 g/mol. The summed E-state index contributed by atoms with van der Waals surface area (Å²) in [6, 6.07) is 9.77. The standard InChI is InChI=1S/C20H26N2O2/c1-15-17(24-19(22-15)20(2,3)4)11-8-14-21-18(23)13-12-16-9-6-5-7-10-16/h5-7,9-10,12-13H,8,11,14H2,1-4H3,(H,21,23)/b13-12+. The van der Waals surface area contributed by atoms with Gasteiger partial charge in [0.05, 0.1) is 5.69 Å². The van der Waals surface area contributed by atoms with Crippen LogP contribution in [0.5, 0.6) is 0 Å². The van der Waals surface area contributed by atoms with Crippen LogP contribution >= 0.6 is 0 Å². The Bertz CT molecular complexity index is 694. The van der Waals surface area contributed by atoms with Gasteiger partial charge in [0.25, 0.3) is 0 Å². The molecule has 1 N–H and O–H groups in total. The minimum Gasteiger partial charge on any atom is -0.445 e. The fourth-order valence-electron chi connectivity index (χ4n) is 2.24. The number of benzene rings is 1. The molecule has 4 nitrogen and oxygen atoms in total. The summed E-state index contributed by atoms with van der Waals surface area (Å²) < 4.78 is 5.85. The van der Waals surface area contributed by atoms with Crippen molar-refractivity contribution < 1.29 is 9.21 Å². The predicted molar refractivity (Wildman–Crippen MR) is 96.7 cm³/mol. The van der Waals surface area contributed by atoms with Gasteiger partial charge in [-0.3, -0.25) is 4.79 Å². The number of nitrogens with one attached hydrogen (secondary N) is 1. The number of carbonyl (C=O) groups is 1. The number of nitrogens with zero attached hydrogens (tertiary/aromatic N) is 1. The van der Waals surface area contributed by atoms with E-state index in [2.05, 4.69) is 31.1 Å². The zero-order valence-electron chi connectivity index (χ0n) is 14.9. The molecule has 0 saturated carbocycles. The van der Waals surface area contributed by atoms with E-state index >= 15 is 0 Å². The lowest BCUT2D eigenvalue weighted by atomic mass is 9.97. The van der Waals surface area contributed by atoms with Crippen molar-refractivity contribution in [1.82, 2.24) is 10.3 Å². The molecule has 0 fully saturated rings. The Morgan fingerprint density at radius 3 is 2.58 bits per heavy atom. The van der Waals surface area contributed by atoms with Crippen LogP contribution in [0.15, 0.2) is 40.8 Å². The van der Waals surface area contributed by atoms with E-state index in [1.807, 2.05) is 43.3 Å². The van der Waals surface area contributed by atoms with E-state index in [-0.39, 0.29) is 11.3 Å². The van der Waals surface area contributed by atoms with Crippen molar-refractivity contribution in [3.63, 3.8) is 0 Å². The summed E-state index contributed by atoms with van der Waals surface area (Å²) >= 11 is 0. The largest absolute Gasteiger partial charge is 0.445 e. The van der Waals surface area contributed by atoms with Crippen molar-refractivity contribution in [3.05, 3.63) is 59.3 Å². The smallest absolute Gasteiger partial charge is 0.243 e. The minimum atomic E-state index is -0.0839. The van der Waals surface area contributed by atoms with Crippen molar-refractivity contribution in [2.45, 2.75) is 46.0 Å². The van der Waals surface area contributed by atoms with Crippen LogP contribution in [-0.4, -0.2) is 17.4 Å². The van der Waals surface area contributed by atoms with Crippen LogP contribution in [-0.2, 0) is 16.6 Å². The van der Waals surface area contributed by atoms with Crippen LogP contribution in [0.2, 0.25) is 0 Å². The van der Waals surface area contributed by atoms with E-state index in [4.69, 9.17) is 4.42 Å². The van der Waals surface area contributed by atoms with E-state index < -0.39 is 0 Å². The Labute approximate surface area is 144 Å². The molecule has 1 amide bonds. The van der Waals surface area contributed by atoms with Crippen LogP contribution in [0.1, 0.15) is 50.1 Å². The summed E-state index contributed by atoms with van der Waals surface area (Å²) in [7, 11) is 0. The summed E-state index contributed by atoms with van der Waals surface area (Å²) in [5, 5.41) is 2.89. The number of hydrogen-bond acceptors (Lipinski definition) is 3. The highest BCUT2D eigenvalue weighted by atomic mass is 16.4. The van der Waals surface area contributed by atoms with Gasteiger partial charge in [0.2, 0.25) is 5.91 Å². The maximum Gasteiger partial charge on any atom is 0.243 e. The second kappa shape index (κ2) is 7.95. The first-order valence-electron chi connectivity index (χ1n) is 8.34. The van der Waals surface area contributed by atoms with E-state index in [1.165, 1.54) is 0 Å². The molecule has 0 aliphatic heterocycles. The number of oxazole rings is 1. The third-order valence-electron chi connectivity index (χ3n) is 3.64. The summed E-state index contributed by atoms with van der Waals surface area (Å²) in [6.07, 6.45) is 4.97. The molecule has 0 spiro atoms. The van der Waals surface area contributed by atoms with Crippen molar-refractivity contribution in [1.29, 1.82) is 0 Å². The number of rotatable bonds is 6. The van der Waals surface area contributed by atoms with Gasteiger partial charge in [0.15, 0.2) is 5.89 Å². The van der Waals surface area contributed by atoms with Gasteiger partial charge in [-0.05, 0) is 25.0 Å². The van der Waals surface area contributed by atoms with Crippen molar-refractivity contribution in [3.8, 4) is 0 Å². The van der Waals surface area contributed by atoms with E-state index in [0.717, 1.165) is 35.7 Å². The summed E-state index contributed by atoms with van der Waals surface area (Å²) in [5.74, 6) is 1.60. The number of carbonyl (C=O) groups excluding carboxylic acids is 1. The molecule has 2 aromatic rings. The van der Waals surface area contributed by atoms with Crippen LogP contribution in [0.4, 0.5) is 0 Å². The molecule has 0 aliphatic rings. The highest BCUT2D eigenvalue weighted by Gasteiger charge is 2.21. The molecule has 24 heavy (non-hydrogen) atoms. The first-order chi connectivity index (χ1) is 11.4. The first kappa shape index (κ1) is 18.0. The molecule has 2 rings (SSSR count). The number of hydrogen-bond donors (Lipinski definition) is 1. The van der Waals surface area contributed by atoms with Gasteiger partial charge in [-0.2, -0.15) is 0 Å². The lowest BCUT2D eigenvalue weighted by molar-refractivity contribution is -0.116. The van der Waals surface area contributed by atoms with Gasteiger partial charge < -0.3 is 9.73 Å². The average Bonchev–Trinajstić information content (AvgIpc) is 2.92. The molecule has 1 heterocycles. The second-order valence-corrected chi connectivity index (χ2v) is 6.92. The fraction of sp³-hybridized carbons (Fsp3) is 0.400. The molecule has 4 heteroatoms. The minimum absolute atomic E-state index is 0.0801. The van der Waals surface area contributed by atoms with Crippen LogP contribution in [0, 0.1) is 6.92 Å². The number of aromatic nitrogens is 1. The van der Waals surface area contributed by atoms with Gasteiger partial charge in [-0.25, -0.2) is 4.98 Å². The van der Waals surface area contributed by atoms with Gasteiger partial charge in [-0.15, -0.1) is 0 Å². The zero-order chi connectivity index (χ0) is 17.6. The molecule has 0 unspecified atom stereocenters. The molecule has 0 bridgehead atoms. The number of amides is 1. The van der Waals surface area contributed by atoms with Crippen LogP contribution in [0.3, 0.4) is 0 Å². The summed E-state index contributed by atoms with van der Waals surface area (Å²) in [6.45, 7) is 8.84. The van der Waals surface area contributed by atoms with Crippen molar-refractivity contribution in [2.75, 3.05) is 6.54 Å². The quantitative estimate of drug-likeness (QED) is 0.644. The lowest BCUT2D eigenvalue weighted by Gasteiger charge is -2.12. The predicted octanol–water partition coefficient (Wildman–Crippen LogP) is 4.04. The molecular formula is C20H26N2O2. The Kier molecular flexibility index (Phi) is 5.96. The molecule has 1 aromatic carbocycles. The maximum absolute atomic E-state index is 11.8. The maximum atomic E-state index is 11.8. The first-order valence-corrected chi connectivity index (χ1v) is 8.34. The molecule has 0 saturated heterocycles. The van der Waals surface area contributed by atoms with E-state index in [0.29, 0.717) is 6.54 Å². The van der Waals surface area contributed by atoms with Crippen molar-refractivity contribution in [2.24, 2.45) is 0 Å². The Morgan fingerprint density at radius 1 is 1.25 bits per heavy atom. The molecule has 128 valence electrons. The van der Waals surface area contributed by atoms with Gasteiger partial charge >= 0.3 is 0 Å². The zero-order valence-corrected chi connectivity index (χ0v) is 14.9. The fourth-order valence-corrected chi connectivity index (χ4v) is 2.24. The van der Waals surface area contributed by atoms with E-state index in [9.17, 15) is 4.79 Å². The molecule has 0 radical (unpaired) electrons. The van der Waals surface area contributed by atoms with E-state index in [1.54, 1.807) is 6.08 Å². The third-order valence-corrected chi connectivity index (χ3v) is 3.64.